The molecule has 116 valence electrons. The average Bonchev–Trinajstić information content (AvgIpc) is 2.62. The van der Waals surface area contributed by atoms with Crippen LogP contribution in [0.25, 0.3) is 22.3 Å². The van der Waals surface area contributed by atoms with E-state index in [2.05, 4.69) is 9.88 Å². The monoisotopic (exact) mass is 307 g/mol. The van der Waals surface area contributed by atoms with Crippen molar-refractivity contribution >= 4 is 16.7 Å². The number of nitrogens with zero attached hydrogens (tertiary/aromatic N) is 3. The molecule has 0 saturated carbocycles. The highest BCUT2D eigenvalue weighted by Crippen LogP contribution is 2.31. The molecule has 0 amide bonds. The SMILES string of the molecule is Oc1ccccc1-c1nc(N2CCOCC2)c2ccccc2n1. The Morgan fingerprint density at radius 1 is 0.913 bits per heavy atom. The highest BCUT2D eigenvalue weighted by Gasteiger charge is 2.18. The maximum Gasteiger partial charge on any atom is 0.165 e. The lowest BCUT2D eigenvalue weighted by atomic mass is 10.1. The molecule has 1 saturated heterocycles. The number of hydrogen-bond donors (Lipinski definition) is 1. The number of phenols is 1. The average molecular weight is 307 g/mol. The van der Waals surface area contributed by atoms with E-state index in [9.17, 15) is 5.11 Å². The lowest BCUT2D eigenvalue weighted by Gasteiger charge is -2.29. The molecule has 1 aromatic heterocycles. The Morgan fingerprint density at radius 2 is 1.65 bits per heavy atom. The van der Waals surface area contributed by atoms with Crippen molar-refractivity contribution in [1.29, 1.82) is 0 Å². The van der Waals surface area contributed by atoms with Crippen LogP contribution in [0.15, 0.2) is 48.5 Å². The van der Waals surface area contributed by atoms with Crippen molar-refractivity contribution in [2.75, 3.05) is 31.2 Å². The van der Waals surface area contributed by atoms with Gasteiger partial charge in [-0.2, -0.15) is 0 Å². The lowest BCUT2D eigenvalue weighted by Crippen LogP contribution is -2.37. The third-order valence-corrected chi connectivity index (χ3v) is 4.04. The van der Waals surface area contributed by atoms with Crippen molar-refractivity contribution in [2.45, 2.75) is 0 Å². The van der Waals surface area contributed by atoms with Gasteiger partial charge in [0.05, 0.1) is 24.3 Å². The van der Waals surface area contributed by atoms with E-state index in [1.165, 1.54) is 0 Å². The van der Waals surface area contributed by atoms with Crippen LogP contribution in [-0.2, 0) is 4.74 Å². The van der Waals surface area contributed by atoms with Crippen LogP contribution in [0.5, 0.6) is 5.75 Å². The van der Waals surface area contributed by atoms with Gasteiger partial charge in [0.25, 0.3) is 0 Å². The molecule has 0 spiro atoms. The summed E-state index contributed by atoms with van der Waals surface area (Å²) in [4.78, 5) is 11.6. The normalized spacial score (nSPS) is 15.0. The molecule has 2 aromatic carbocycles. The van der Waals surface area contributed by atoms with E-state index in [1.807, 2.05) is 36.4 Å². The van der Waals surface area contributed by atoms with Crippen molar-refractivity contribution in [3.05, 3.63) is 48.5 Å². The molecule has 4 rings (SSSR count). The second kappa shape index (κ2) is 5.85. The topological polar surface area (TPSA) is 58.5 Å². The Bertz CT molecular complexity index is 845. The number of para-hydroxylation sites is 2. The van der Waals surface area contributed by atoms with Gasteiger partial charge in [-0.1, -0.05) is 24.3 Å². The molecule has 23 heavy (non-hydrogen) atoms. The molecule has 0 radical (unpaired) electrons. The lowest BCUT2D eigenvalue weighted by molar-refractivity contribution is 0.122. The molecular weight excluding hydrogens is 290 g/mol. The van der Waals surface area contributed by atoms with Crippen LogP contribution in [0.2, 0.25) is 0 Å². The summed E-state index contributed by atoms with van der Waals surface area (Å²) in [7, 11) is 0. The zero-order valence-electron chi connectivity index (χ0n) is 12.6. The van der Waals surface area contributed by atoms with Crippen molar-refractivity contribution in [3.8, 4) is 17.1 Å². The van der Waals surface area contributed by atoms with Crippen molar-refractivity contribution in [2.24, 2.45) is 0 Å². The molecule has 3 aromatic rings. The molecule has 0 unspecified atom stereocenters. The molecule has 1 aliphatic rings. The maximum absolute atomic E-state index is 10.1. The second-order valence-electron chi connectivity index (χ2n) is 5.50. The molecule has 0 atom stereocenters. The van der Waals surface area contributed by atoms with Crippen molar-refractivity contribution < 1.29 is 9.84 Å². The number of hydrogen-bond acceptors (Lipinski definition) is 5. The van der Waals surface area contributed by atoms with Crippen LogP contribution in [0.4, 0.5) is 5.82 Å². The number of fused-ring (bicyclic) bond motifs is 1. The minimum atomic E-state index is 0.190. The number of ether oxygens (including phenoxy) is 1. The zero-order chi connectivity index (χ0) is 15.6. The fraction of sp³-hybridized carbons (Fsp3) is 0.222. The Hall–Kier alpha value is -2.66. The summed E-state index contributed by atoms with van der Waals surface area (Å²) < 4.78 is 5.44. The Balaban J connectivity index is 1.91. The molecule has 5 nitrogen and oxygen atoms in total. The number of rotatable bonds is 2. The standard InChI is InChI=1S/C18H17N3O2/c22-16-8-4-2-6-14(16)17-19-15-7-3-1-5-13(15)18(20-17)21-9-11-23-12-10-21/h1-8,22H,9-12H2. The van der Waals surface area contributed by atoms with Gasteiger partial charge in [0, 0.05) is 18.5 Å². The van der Waals surface area contributed by atoms with Gasteiger partial charge in [-0.3, -0.25) is 0 Å². The van der Waals surface area contributed by atoms with Crippen LogP contribution in [0.1, 0.15) is 0 Å². The first kappa shape index (κ1) is 14.0. The highest BCUT2D eigenvalue weighted by molar-refractivity contribution is 5.91. The van der Waals surface area contributed by atoms with Crippen LogP contribution < -0.4 is 4.90 Å². The third kappa shape index (κ3) is 2.59. The van der Waals surface area contributed by atoms with E-state index < -0.39 is 0 Å². The predicted molar refractivity (Wildman–Crippen MR) is 89.7 cm³/mol. The Morgan fingerprint density at radius 3 is 2.48 bits per heavy atom. The molecule has 5 heteroatoms. The van der Waals surface area contributed by atoms with Crippen LogP contribution in [0, 0.1) is 0 Å². The minimum absolute atomic E-state index is 0.190. The smallest absolute Gasteiger partial charge is 0.165 e. The number of aromatic nitrogens is 2. The zero-order valence-corrected chi connectivity index (χ0v) is 12.6. The van der Waals surface area contributed by atoms with Gasteiger partial charge < -0.3 is 14.7 Å². The summed E-state index contributed by atoms with van der Waals surface area (Å²) in [5.74, 6) is 1.64. The largest absolute Gasteiger partial charge is 0.507 e. The van der Waals surface area contributed by atoms with E-state index in [0.717, 1.165) is 29.8 Å². The van der Waals surface area contributed by atoms with Crippen LogP contribution in [-0.4, -0.2) is 41.4 Å². The Kier molecular flexibility index (Phi) is 3.55. The number of morpholine rings is 1. The summed E-state index contributed by atoms with van der Waals surface area (Å²) in [6.07, 6.45) is 0. The molecule has 0 bridgehead atoms. The van der Waals surface area contributed by atoms with Gasteiger partial charge in [-0.05, 0) is 24.3 Å². The summed E-state index contributed by atoms with van der Waals surface area (Å²) in [6, 6.07) is 15.1. The van der Waals surface area contributed by atoms with Crippen LogP contribution in [0.3, 0.4) is 0 Å². The Labute approximate surface area is 134 Å². The van der Waals surface area contributed by atoms with Gasteiger partial charge in [-0.25, -0.2) is 9.97 Å². The summed E-state index contributed by atoms with van der Waals surface area (Å²) in [5.41, 5.74) is 1.52. The van der Waals surface area contributed by atoms with E-state index in [0.29, 0.717) is 24.6 Å². The van der Waals surface area contributed by atoms with Gasteiger partial charge in [0.15, 0.2) is 5.82 Å². The fourth-order valence-electron chi connectivity index (χ4n) is 2.86. The molecule has 0 aliphatic carbocycles. The van der Waals surface area contributed by atoms with Crippen LogP contribution >= 0.6 is 0 Å². The number of benzene rings is 2. The van der Waals surface area contributed by atoms with Crippen molar-refractivity contribution in [1.82, 2.24) is 9.97 Å². The van der Waals surface area contributed by atoms with Gasteiger partial charge in [-0.15, -0.1) is 0 Å². The predicted octanol–water partition coefficient (Wildman–Crippen LogP) is 2.84. The number of anilines is 1. The highest BCUT2D eigenvalue weighted by atomic mass is 16.5. The first-order valence-corrected chi connectivity index (χ1v) is 7.71. The fourth-order valence-corrected chi connectivity index (χ4v) is 2.86. The summed E-state index contributed by atoms with van der Waals surface area (Å²) in [5, 5.41) is 11.1. The third-order valence-electron chi connectivity index (χ3n) is 4.04. The molecule has 2 heterocycles. The minimum Gasteiger partial charge on any atom is -0.507 e. The first-order valence-electron chi connectivity index (χ1n) is 7.71. The van der Waals surface area contributed by atoms with Gasteiger partial charge in [0.1, 0.15) is 11.6 Å². The van der Waals surface area contributed by atoms with Gasteiger partial charge >= 0.3 is 0 Å². The molecule has 1 N–H and O–H groups in total. The van der Waals surface area contributed by atoms with E-state index in [-0.39, 0.29) is 5.75 Å². The van der Waals surface area contributed by atoms with Gasteiger partial charge in [0.2, 0.25) is 0 Å². The van der Waals surface area contributed by atoms with E-state index >= 15 is 0 Å². The quantitative estimate of drug-likeness (QED) is 0.789. The first-order chi connectivity index (χ1) is 11.3. The van der Waals surface area contributed by atoms with E-state index in [4.69, 9.17) is 9.72 Å². The number of phenolic OH excluding ortho intramolecular Hbond substituents is 1. The molecule has 1 aliphatic heterocycles. The maximum atomic E-state index is 10.1. The van der Waals surface area contributed by atoms with Crippen molar-refractivity contribution in [3.63, 3.8) is 0 Å². The van der Waals surface area contributed by atoms with E-state index in [1.54, 1.807) is 12.1 Å². The second-order valence-corrected chi connectivity index (χ2v) is 5.50. The summed E-state index contributed by atoms with van der Waals surface area (Å²) in [6.45, 7) is 3.01. The number of aromatic hydroxyl groups is 1. The molecular formula is C18H17N3O2. The molecule has 1 fully saturated rings. The summed E-state index contributed by atoms with van der Waals surface area (Å²) >= 11 is 0.